The molecule has 1 unspecified atom stereocenters. The van der Waals surface area contributed by atoms with Crippen molar-refractivity contribution in [2.75, 3.05) is 45.9 Å². The summed E-state index contributed by atoms with van der Waals surface area (Å²) in [5, 5.41) is 11.5. The van der Waals surface area contributed by atoms with E-state index >= 15 is 0 Å². The van der Waals surface area contributed by atoms with Crippen molar-refractivity contribution in [2.45, 2.75) is 46.1 Å². The third-order valence-electron chi connectivity index (χ3n) is 6.77. The molecule has 2 heterocycles. The minimum Gasteiger partial charge on any atom is -0.491 e. The minimum atomic E-state index is -0.549. The van der Waals surface area contributed by atoms with Crippen LogP contribution in [0.1, 0.15) is 34.5 Å². The van der Waals surface area contributed by atoms with Crippen LogP contribution in [-0.2, 0) is 11.2 Å². The fourth-order valence-corrected chi connectivity index (χ4v) is 5.67. The number of fused-ring (bicyclic) bond motifs is 1. The smallest absolute Gasteiger partial charge is 0.146 e. The van der Waals surface area contributed by atoms with Gasteiger partial charge in [0.2, 0.25) is 0 Å². The first-order valence-electron chi connectivity index (χ1n) is 12.6. The Morgan fingerprint density at radius 1 is 1.09 bits per heavy atom. The summed E-state index contributed by atoms with van der Waals surface area (Å²) in [6.45, 7) is 11.1. The van der Waals surface area contributed by atoms with Crippen LogP contribution in [0.5, 0.6) is 5.75 Å². The Bertz CT molecular complexity index is 1120. The highest BCUT2D eigenvalue weighted by atomic mass is 32.1. The lowest BCUT2D eigenvalue weighted by atomic mass is 9.97. The number of Topliss-reactive ketones (excluding diaryl/α,β-unsaturated/α-hetero) is 1. The molecule has 1 aliphatic heterocycles. The van der Waals surface area contributed by atoms with Crippen LogP contribution >= 0.6 is 11.3 Å². The van der Waals surface area contributed by atoms with E-state index in [4.69, 9.17) is 4.74 Å². The fourth-order valence-electron chi connectivity index (χ4n) is 4.82. The van der Waals surface area contributed by atoms with Crippen molar-refractivity contribution in [2.24, 2.45) is 0 Å². The highest BCUT2D eigenvalue weighted by Gasteiger charge is 2.21. The molecule has 0 spiro atoms. The maximum Gasteiger partial charge on any atom is 0.146 e. The number of ketones is 1. The lowest BCUT2D eigenvalue weighted by Crippen LogP contribution is -2.50. The molecule has 0 saturated carbocycles. The molecule has 35 heavy (non-hydrogen) atoms. The van der Waals surface area contributed by atoms with E-state index in [1.54, 1.807) is 11.3 Å². The first-order valence-corrected chi connectivity index (χ1v) is 13.4. The lowest BCUT2D eigenvalue weighted by molar-refractivity contribution is -0.120. The highest BCUT2D eigenvalue weighted by molar-refractivity contribution is 7.18. The number of rotatable bonds is 11. The normalized spacial score (nSPS) is 16.0. The van der Waals surface area contributed by atoms with Crippen molar-refractivity contribution in [3.8, 4) is 5.75 Å². The first-order chi connectivity index (χ1) is 16.9. The molecule has 1 aliphatic rings. The number of thiazole rings is 1. The van der Waals surface area contributed by atoms with E-state index in [0.717, 1.165) is 60.0 Å². The zero-order chi connectivity index (χ0) is 24.8. The van der Waals surface area contributed by atoms with Gasteiger partial charge in [-0.1, -0.05) is 18.2 Å². The molecule has 6 nitrogen and oxygen atoms in total. The molecule has 0 radical (unpaired) electrons. The fraction of sp³-hybridized carbons (Fsp3) is 0.500. The van der Waals surface area contributed by atoms with Crippen LogP contribution in [0.15, 0.2) is 36.4 Å². The van der Waals surface area contributed by atoms with E-state index in [1.807, 2.05) is 25.1 Å². The summed E-state index contributed by atoms with van der Waals surface area (Å²) in [5.41, 5.74) is 5.00. The molecule has 1 aromatic heterocycles. The molecule has 1 saturated heterocycles. The van der Waals surface area contributed by atoms with Gasteiger partial charge in [0.1, 0.15) is 24.2 Å². The maximum atomic E-state index is 12.5. The largest absolute Gasteiger partial charge is 0.491 e. The Labute approximate surface area is 212 Å². The van der Waals surface area contributed by atoms with Gasteiger partial charge in [-0.15, -0.1) is 11.3 Å². The van der Waals surface area contributed by atoms with Crippen molar-refractivity contribution < 1.29 is 14.6 Å². The second-order valence-corrected chi connectivity index (χ2v) is 10.9. The van der Waals surface area contributed by atoms with Crippen LogP contribution in [0.4, 0.5) is 0 Å². The molecule has 7 heteroatoms. The van der Waals surface area contributed by atoms with Crippen molar-refractivity contribution >= 4 is 27.3 Å². The van der Waals surface area contributed by atoms with Gasteiger partial charge < -0.3 is 9.84 Å². The first kappa shape index (κ1) is 25.8. The van der Waals surface area contributed by atoms with Crippen molar-refractivity contribution in [1.82, 2.24) is 14.8 Å². The summed E-state index contributed by atoms with van der Waals surface area (Å²) in [6.07, 6.45) is 1.96. The topological polar surface area (TPSA) is 65.9 Å². The Balaban J connectivity index is 1.12. The standard InChI is InChI=1S/C28H37N3O3S/c1-20-6-4-7-21(2)26(20)9-5-8-23(32)17-30-12-14-31(15-13-30)18-24(33)19-34-25-10-11-27-28(16-25)35-22(3)29-27/h4,6-7,10-11,16,24,33H,5,8-9,12-15,17-19H2,1-3H3. The van der Waals surface area contributed by atoms with E-state index in [1.165, 1.54) is 16.7 Å². The van der Waals surface area contributed by atoms with Gasteiger partial charge in [0, 0.05) is 39.1 Å². The molecule has 188 valence electrons. The molecule has 1 atom stereocenters. The van der Waals surface area contributed by atoms with Crippen LogP contribution in [0.3, 0.4) is 0 Å². The number of benzene rings is 2. The third-order valence-corrected chi connectivity index (χ3v) is 7.70. The van der Waals surface area contributed by atoms with E-state index in [2.05, 4.69) is 46.8 Å². The molecular formula is C28H37N3O3S. The molecular weight excluding hydrogens is 458 g/mol. The number of aromatic nitrogens is 1. The maximum absolute atomic E-state index is 12.5. The second kappa shape index (κ2) is 12.1. The third kappa shape index (κ3) is 7.34. The summed E-state index contributed by atoms with van der Waals surface area (Å²) >= 11 is 1.65. The molecule has 0 bridgehead atoms. The summed E-state index contributed by atoms with van der Waals surface area (Å²) in [5.74, 6) is 1.09. The summed E-state index contributed by atoms with van der Waals surface area (Å²) in [4.78, 5) is 21.5. The predicted molar refractivity (Wildman–Crippen MR) is 143 cm³/mol. The van der Waals surface area contributed by atoms with Gasteiger partial charge in [0.15, 0.2) is 0 Å². The number of β-amino-alcohol motifs (C(OH)–C–C–N with tert-alkyl or cyclic N) is 1. The molecule has 0 aliphatic carbocycles. The van der Waals surface area contributed by atoms with Gasteiger partial charge in [-0.25, -0.2) is 4.98 Å². The zero-order valence-corrected chi connectivity index (χ0v) is 21.9. The number of piperazine rings is 1. The van der Waals surface area contributed by atoms with Crippen LogP contribution in [0.2, 0.25) is 0 Å². The number of aliphatic hydroxyl groups excluding tert-OH is 1. The number of carbonyl (C=O) groups is 1. The second-order valence-electron chi connectivity index (χ2n) is 9.67. The monoisotopic (exact) mass is 495 g/mol. The van der Waals surface area contributed by atoms with Gasteiger partial charge in [0.25, 0.3) is 0 Å². The van der Waals surface area contributed by atoms with Gasteiger partial charge >= 0.3 is 0 Å². The number of hydrogen-bond acceptors (Lipinski definition) is 7. The Kier molecular flexibility index (Phi) is 8.89. The number of aryl methyl sites for hydroxylation is 3. The van der Waals surface area contributed by atoms with Gasteiger partial charge in [0.05, 0.1) is 21.8 Å². The van der Waals surface area contributed by atoms with E-state index in [9.17, 15) is 9.90 Å². The van der Waals surface area contributed by atoms with Crippen molar-refractivity contribution in [3.63, 3.8) is 0 Å². The summed E-state index contributed by atoms with van der Waals surface area (Å²) < 4.78 is 6.93. The van der Waals surface area contributed by atoms with Gasteiger partial charge in [-0.3, -0.25) is 14.6 Å². The number of aliphatic hydroxyl groups is 1. The number of carbonyl (C=O) groups excluding carboxylic acids is 1. The average Bonchev–Trinajstić information content (AvgIpc) is 3.20. The minimum absolute atomic E-state index is 0.266. The van der Waals surface area contributed by atoms with Crippen LogP contribution in [0.25, 0.3) is 10.2 Å². The Hall–Kier alpha value is -2.32. The van der Waals surface area contributed by atoms with Crippen LogP contribution in [-0.4, -0.2) is 77.7 Å². The van der Waals surface area contributed by atoms with Gasteiger partial charge in [-0.05, 0) is 68.5 Å². The van der Waals surface area contributed by atoms with Crippen molar-refractivity contribution in [1.29, 1.82) is 0 Å². The lowest BCUT2D eigenvalue weighted by Gasteiger charge is -2.35. The van der Waals surface area contributed by atoms with Crippen molar-refractivity contribution in [3.05, 3.63) is 58.1 Å². The average molecular weight is 496 g/mol. The Morgan fingerprint density at radius 3 is 2.54 bits per heavy atom. The summed E-state index contributed by atoms with van der Waals surface area (Å²) in [7, 11) is 0. The molecule has 1 fully saturated rings. The molecule has 1 N–H and O–H groups in total. The Morgan fingerprint density at radius 2 is 1.80 bits per heavy atom. The highest BCUT2D eigenvalue weighted by Crippen LogP contribution is 2.26. The molecule has 2 aromatic carbocycles. The predicted octanol–water partition coefficient (Wildman–Crippen LogP) is 4.17. The van der Waals surface area contributed by atoms with E-state index < -0.39 is 6.10 Å². The number of hydrogen-bond donors (Lipinski definition) is 1. The van der Waals surface area contributed by atoms with Crippen LogP contribution < -0.4 is 4.74 Å². The quantitative estimate of drug-likeness (QED) is 0.431. The summed E-state index contributed by atoms with van der Waals surface area (Å²) in [6, 6.07) is 12.3. The number of nitrogens with zero attached hydrogens (tertiary/aromatic N) is 3. The van der Waals surface area contributed by atoms with E-state index in [-0.39, 0.29) is 6.61 Å². The van der Waals surface area contributed by atoms with Gasteiger partial charge in [-0.2, -0.15) is 0 Å². The molecule has 4 rings (SSSR count). The SMILES string of the molecule is Cc1nc2ccc(OCC(O)CN3CCN(CC(=O)CCCc4c(C)cccc4C)CC3)cc2s1. The molecule has 0 amide bonds. The zero-order valence-electron chi connectivity index (χ0n) is 21.1. The molecule has 3 aromatic rings. The van der Waals surface area contributed by atoms with E-state index in [0.29, 0.717) is 25.3 Å². The number of ether oxygens (including phenoxy) is 1. The van der Waals surface area contributed by atoms with Crippen LogP contribution in [0, 0.1) is 20.8 Å².